The number of nitrogens with zero attached hydrogens (tertiary/aromatic N) is 1. The summed E-state index contributed by atoms with van der Waals surface area (Å²) < 4.78 is 31.3. The molecule has 0 fully saturated rings. The van der Waals surface area contributed by atoms with E-state index in [0.717, 1.165) is 9.87 Å². The molecule has 0 saturated carbocycles. The zero-order valence-electron chi connectivity index (χ0n) is 12.7. The SMILES string of the molecule is COc1ccc(S(=O)(=O)N(CC(=O)[O-])c2ccc(C)cc2)cc1. The van der Waals surface area contributed by atoms with E-state index in [1.54, 1.807) is 24.3 Å². The van der Waals surface area contributed by atoms with Crippen molar-refractivity contribution >= 4 is 21.7 Å². The molecule has 0 radical (unpaired) electrons. The van der Waals surface area contributed by atoms with Crippen LogP contribution in [0.25, 0.3) is 0 Å². The summed E-state index contributed by atoms with van der Waals surface area (Å²) >= 11 is 0. The van der Waals surface area contributed by atoms with Crippen LogP contribution in [0.15, 0.2) is 53.4 Å². The van der Waals surface area contributed by atoms with Crippen molar-refractivity contribution in [1.82, 2.24) is 0 Å². The van der Waals surface area contributed by atoms with Crippen molar-refractivity contribution in [1.29, 1.82) is 0 Å². The van der Waals surface area contributed by atoms with E-state index in [9.17, 15) is 18.3 Å². The van der Waals surface area contributed by atoms with Crippen LogP contribution in [0, 0.1) is 6.92 Å². The molecule has 0 aliphatic carbocycles. The Labute approximate surface area is 135 Å². The van der Waals surface area contributed by atoms with E-state index >= 15 is 0 Å². The lowest BCUT2D eigenvalue weighted by atomic mass is 10.2. The highest BCUT2D eigenvalue weighted by atomic mass is 32.2. The molecular weight excluding hydrogens is 318 g/mol. The Morgan fingerprint density at radius 3 is 2.13 bits per heavy atom. The van der Waals surface area contributed by atoms with E-state index < -0.39 is 22.5 Å². The summed E-state index contributed by atoms with van der Waals surface area (Å²) in [7, 11) is -2.56. The predicted octanol–water partition coefficient (Wildman–Crippen LogP) is 0.949. The summed E-state index contributed by atoms with van der Waals surface area (Å²) in [5.74, 6) is -0.978. The van der Waals surface area contributed by atoms with Gasteiger partial charge in [0.05, 0.1) is 30.2 Å². The minimum absolute atomic E-state index is 0.0277. The fourth-order valence-corrected chi connectivity index (χ4v) is 3.43. The minimum atomic E-state index is -4.03. The summed E-state index contributed by atoms with van der Waals surface area (Å²) in [6.45, 7) is 1.09. The molecule has 0 aliphatic rings. The molecule has 0 unspecified atom stereocenters. The van der Waals surface area contributed by atoms with Crippen LogP contribution in [0.5, 0.6) is 5.75 Å². The average Bonchev–Trinajstić information content (AvgIpc) is 2.53. The highest BCUT2D eigenvalue weighted by Gasteiger charge is 2.25. The Kier molecular flexibility index (Phi) is 4.90. The highest BCUT2D eigenvalue weighted by Crippen LogP contribution is 2.25. The summed E-state index contributed by atoms with van der Waals surface area (Å²) in [4.78, 5) is 11.0. The number of aryl methyl sites for hydroxylation is 1. The normalized spacial score (nSPS) is 11.0. The zero-order chi connectivity index (χ0) is 17.0. The van der Waals surface area contributed by atoms with Crippen molar-refractivity contribution in [2.75, 3.05) is 18.0 Å². The number of carbonyl (C=O) groups is 1. The van der Waals surface area contributed by atoms with Gasteiger partial charge in [0.2, 0.25) is 0 Å². The van der Waals surface area contributed by atoms with Crippen molar-refractivity contribution in [3.63, 3.8) is 0 Å². The smallest absolute Gasteiger partial charge is 0.264 e. The number of carbonyl (C=O) groups excluding carboxylic acids is 1. The van der Waals surface area contributed by atoms with Crippen molar-refractivity contribution < 1.29 is 23.1 Å². The van der Waals surface area contributed by atoms with E-state index in [2.05, 4.69) is 0 Å². The van der Waals surface area contributed by atoms with E-state index in [-0.39, 0.29) is 10.6 Å². The third-order valence-corrected chi connectivity index (χ3v) is 5.03. The van der Waals surface area contributed by atoms with E-state index in [4.69, 9.17) is 4.74 Å². The Morgan fingerprint density at radius 1 is 1.09 bits per heavy atom. The average molecular weight is 334 g/mol. The van der Waals surface area contributed by atoms with Gasteiger partial charge in [0.15, 0.2) is 0 Å². The molecule has 2 aromatic rings. The van der Waals surface area contributed by atoms with Crippen LogP contribution in [0.2, 0.25) is 0 Å². The van der Waals surface area contributed by atoms with Crippen LogP contribution >= 0.6 is 0 Å². The molecule has 122 valence electrons. The Morgan fingerprint density at radius 2 is 1.65 bits per heavy atom. The maximum atomic E-state index is 12.7. The number of aliphatic carboxylic acids is 1. The van der Waals surface area contributed by atoms with Crippen LogP contribution in [-0.2, 0) is 14.8 Å². The maximum absolute atomic E-state index is 12.7. The van der Waals surface area contributed by atoms with Gasteiger partial charge in [-0.15, -0.1) is 0 Å². The molecule has 0 aromatic heterocycles. The topological polar surface area (TPSA) is 86.7 Å². The standard InChI is InChI=1S/C16H17NO5S/c1-12-3-5-13(6-4-12)17(11-16(18)19)23(20,21)15-9-7-14(22-2)8-10-15/h3-10H,11H2,1-2H3,(H,18,19)/p-1. The number of hydrogen-bond donors (Lipinski definition) is 0. The third-order valence-electron chi connectivity index (χ3n) is 3.24. The zero-order valence-corrected chi connectivity index (χ0v) is 13.5. The number of carboxylic acid groups (broad SMARTS) is 1. The van der Waals surface area contributed by atoms with Crippen molar-refractivity contribution in [2.45, 2.75) is 11.8 Å². The molecule has 0 amide bonds. The van der Waals surface area contributed by atoms with Crippen LogP contribution < -0.4 is 14.1 Å². The Balaban J connectivity index is 2.47. The first-order valence-corrected chi connectivity index (χ1v) is 8.22. The molecule has 2 aromatic carbocycles. The fourth-order valence-electron chi connectivity index (χ4n) is 2.02. The van der Waals surface area contributed by atoms with Crippen molar-refractivity contribution in [2.24, 2.45) is 0 Å². The quantitative estimate of drug-likeness (QED) is 0.785. The second kappa shape index (κ2) is 6.70. The third kappa shape index (κ3) is 3.81. The number of sulfonamides is 1. The molecule has 7 heteroatoms. The maximum Gasteiger partial charge on any atom is 0.264 e. The number of ether oxygens (including phenoxy) is 1. The lowest BCUT2D eigenvalue weighted by Crippen LogP contribution is -2.41. The van der Waals surface area contributed by atoms with Gasteiger partial charge in [-0.2, -0.15) is 0 Å². The van der Waals surface area contributed by atoms with Gasteiger partial charge in [0.1, 0.15) is 5.75 Å². The van der Waals surface area contributed by atoms with Crippen molar-refractivity contribution in [3.8, 4) is 5.75 Å². The molecule has 0 atom stereocenters. The highest BCUT2D eigenvalue weighted by molar-refractivity contribution is 7.92. The molecule has 0 heterocycles. The summed E-state index contributed by atoms with van der Waals surface area (Å²) in [6, 6.07) is 12.3. The molecular formula is C16H16NO5S-. The molecule has 0 bridgehead atoms. The van der Waals surface area contributed by atoms with Gasteiger partial charge in [-0.1, -0.05) is 17.7 Å². The van der Waals surface area contributed by atoms with Gasteiger partial charge < -0.3 is 14.6 Å². The second-order valence-electron chi connectivity index (χ2n) is 4.89. The number of rotatable bonds is 6. The van der Waals surface area contributed by atoms with Gasteiger partial charge in [0.25, 0.3) is 10.0 Å². The van der Waals surface area contributed by atoms with Crippen LogP contribution in [-0.4, -0.2) is 28.0 Å². The summed E-state index contributed by atoms with van der Waals surface area (Å²) in [6.07, 6.45) is 0. The lowest BCUT2D eigenvalue weighted by Gasteiger charge is -2.25. The van der Waals surface area contributed by atoms with Gasteiger partial charge >= 0.3 is 0 Å². The van der Waals surface area contributed by atoms with Gasteiger partial charge in [-0.05, 0) is 43.3 Å². The van der Waals surface area contributed by atoms with E-state index in [1.807, 2.05) is 6.92 Å². The largest absolute Gasteiger partial charge is 0.548 e. The molecule has 2 rings (SSSR count). The number of anilines is 1. The minimum Gasteiger partial charge on any atom is -0.548 e. The first-order chi connectivity index (χ1) is 10.8. The van der Waals surface area contributed by atoms with Crippen LogP contribution in [0.3, 0.4) is 0 Å². The predicted molar refractivity (Wildman–Crippen MR) is 83.7 cm³/mol. The van der Waals surface area contributed by atoms with Crippen LogP contribution in [0.1, 0.15) is 5.56 Å². The number of hydrogen-bond acceptors (Lipinski definition) is 5. The number of methoxy groups -OCH3 is 1. The molecule has 0 aliphatic heterocycles. The molecule has 0 saturated heterocycles. The van der Waals surface area contributed by atoms with E-state index in [1.165, 1.54) is 31.4 Å². The van der Waals surface area contributed by atoms with Gasteiger partial charge in [-0.3, -0.25) is 4.31 Å². The Bertz CT molecular complexity index is 782. The second-order valence-corrected chi connectivity index (χ2v) is 6.76. The first-order valence-electron chi connectivity index (χ1n) is 6.78. The molecule has 0 spiro atoms. The van der Waals surface area contributed by atoms with Gasteiger partial charge in [-0.25, -0.2) is 8.42 Å². The number of benzene rings is 2. The van der Waals surface area contributed by atoms with E-state index in [0.29, 0.717) is 5.75 Å². The molecule has 0 N–H and O–H groups in total. The Hall–Kier alpha value is -2.54. The lowest BCUT2D eigenvalue weighted by molar-refractivity contribution is -0.303. The van der Waals surface area contributed by atoms with Crippen molar-refractivity contribution in [3.05, 3.63) is 54.1 Å². The summed E-state index contributed by atoms with van der Waals surface area (Å²) in [5, 5.41) is 11.0. The monoisotopic (exact) mass is 334 g/mol. The first kappa shape index (κ1) is 16.8. The molecule has 23 heavy (non-hydrogen) atoms. The molecule has 6 nitrogen and oxygen atoms in total. The fraction of sp³-hybridized carbons (Fsp3) is 0.188. The van der Waals surface area contributed by atoms with Crippen LogP contribution in [0.4, 0.5) is 5.69 Å². The summed E-state index contributed by atoms with van der Waals surface area (Å²) in [5.41, 5.74) is 1.19. The number of carboxylic acids is 1. The van der Waals surface area contributed by atoms with Gasteiger partial charge in [0, 0.05) is 0 Å².